The van der Waals surface area contributed by atoms with Crippen LogP contribution in [0.25, 0.3) is 0 Å². The Balaban J connectivity index is 2.88. The van der Waals surface area contributed by atoms with E-state index in [1.54, 1.807) is 0 Å². The molecule has 1 aliphatic rings. The summed E-state index contributed by atoms with van der Waals surface area (Å²) in [6.45, 7) is 1.81. The fourth-order valence-electron chi connectivity index (χ4n) is 1.70. The van der Waals surface area contributed by atoms with E-state index in [-0.39, 0.29) is 24.4 Å². The number of rotatable bonds is 4. The highest BCUT2D eigenvalue weighted by molar-refractivity contribution is 6.06. The number of carboxylic acid groups (broad SMARTS) is 1. The second kappa shape index (κ2) is 4.92. The van der Waals surface area contributed by atoms with Gasteiger partial charge in [0.05, 0.1) is 5.92 Å². The van der Waals surface area contributed by atoms with Gasteiger partial charge in [0.2, 0.25) is 0 Å². The Morgan fingerprint density at radius 1 is 1.50 bits per heavy atom. The topological polar surface area (TPSA) is 91.7 Å². The van der Waals surface area contributed by atoms with Crippen LogP contribution in [0, 0.1) is 11.8 Å². The molecule has 1 aliphatic carbocycles. The quantitative estimate of drug-likeness (QED) is 0.700. The first-order valence-electron chi connectivity index (χ1n) is 5.16. The average Bonchev–Trinajstić information content (AvgIpc) is 2.20. The number of carbonyl (C=O) groups excluding carboxylic acids is 2. The molecule has 5 nitrogen and oxygen atoms in total. The van der Waals surface area contributed by atoms with Gasteiger partial charge in [0.25, 0.3) is 0 Å². The lowest BCUT2D eigenvalue weighted by Crippen LogP contribution is -2.32. The number of hydrogen-bond acceptors (Lipinski definition) is 4. The van der Waals surface area contributed by atoms with Crippen LogP contribution < -0.4 is 0 Å². The van der Waals surface area contributed by atoms with Gasteiger partial charge in [-0.25, -0.2) is 0 Å². The van der Waals surface area contributed by atoms with E-state index in [4.69, 9.17) is 5.11 Å². The van der Waals surface area contributed by atoms with Crippen molar-refractivity contribution in [2.24, 2.45) is 11.8 Å². The Bertz CT molecular complexity index is 355. The number of Topliss-reactive ketones (excluding diaryl/α,β-unsaturated/α-hetero) is 2. The van der Waals surface area contributed by atoms with Crippen molar-refractivity contribution in [1.29, 1.82) is 0 Å². The zero-order valence-corrected chi connectivity index (χ0v) is 8.97. The standard InChI is InChI=1S/C11H14O5/c1-2-3-8(12)6-4-10(14)7(11(15)16)5-9(6)13/h4,6-7,14H,2-3,5H2,1H3,(H,15,16). The minimum Gasteiger partial charge on any atom is -0.512 e. The molecule has 0 aliphatic heterocycles. The van der Waals surface area contributed by atoms with Crippen molar-refractivity contribution in [3.05, 3.63) is 11.8 Å². The molecule has 0 aromatic heterocycles. The third-order valence-corrected chi connectivity index (χ3v) is 2.59. The Labute approximate surface area is 92.8 Å². The van der Waals surface area contributed by atoms with Crippen molar-refractivity contribution in [1.82, 2.24) is 0 Å². The van der Waals surface area contributed by atoms with Crippen LogP contribution in [0.4, 0.5) is 0 Å². The van der Waals surface area contributed by atoms with E-state index in [9.17, 15) is 19.5 Å². The maximum absolute atomic E-state index is 11.5. The van der Waals surface area contributed by atoms with Crippen LogP contribution in [-0.2, 0) is 14.4 Å². The van der Waals surface area contributed by atoms with Crippen molar-refractivity contribution >= 4 is 17.5 Å². The molecule has 2 atom stereocenters. The number of ketones is 2. The second-order valence-electron chi connectivity index (χ2n) is 3.85. The lowest BCUT2D eigenvalue weighted by Gasteiger charge is -2.20. The normalized spacial score (nSPS) is 25.1. The maximum Gasteiger partial charge on any atom is 0.314 e. The molecule has 0 spiro atoms. The third-order valence-electron chi connectivity index (χ3n) is 2.59. The number of carboxylic acids is 1. The number of aliphatic carboxylic acids is 1. The fourth-order valence-corrected chi connectivity index (χ4v) is 1.70. The van der Waals surface area contributed by atoms with Gasteiger partial charge in [0.15, 0.2) is 0 Å². The molecular weight excluding hydrogens is 212 g/mol. The molecule has 1 rings (SSSR count). The highest BCUT2D eigenvalue weighted by Gasteiger charge is 2.36. The summed E-state index contributed by atoms with van der Waals surface area (Å²) in [5.74, 6) is -4.48. The first kappa shape index (κ1) is 12.4. The summed E-state index contributed by atoms with van der Waals surface area (Å²) < 4.78 is 0. The second-order valence-corrected chi connectivity index (χ2v) is 3.85. The number of aliphatic hydroxyl groups is 1. The lowest BCUT2D eigenvalue weighted by molar-refractivity contribution is -0.145. The molecule has 88 valence electrons. The van der Waals surface area contributed by atoms with Crippen LogP contribution in [0.2, 0.25) is 0 Å². The van der Waals surface area contributed by atoms with E-state index < -0.39 is 23.6 Å². The monoisotopic (exact) mass is 226 g/mol. The molecule has 0 heterocycles. The van der Waals surface area contributed by atoms with Crippen molar-refractivity contribution in [3.8, 4) is 0 Å². The van der Waals surface area contributed by atoms with Crippen LogP contribution >= 0.6 is 0 Å². The Hall–Kier alpha value is -1.65. The van der Waals surface area contributed by atoms with Crippen LogP contribution in [-0.4, -0.2) is 27.7 Å². The van der Waals surface area contributed by atoms with Crippen molar-refractivity contribution < 1.29 is 24.6 Å². The van der Waals surface area contributed by atoms with E-state index in [1.807, 2.05) is 6.92 Å². The highest BCUT2D eigenvalue weighted by atomic mass is 16.4. The Morgan fingerprint density at radius 2 is 2.12 bits per heavy atom. The van der Waals surface area contributed by atoms with Gasteiger partial charge in [-0.1, -0.05) is 6.92 Å². The van der Waals surface area contributed by atoms with Crippen molar-refractivity contribution in [2.45, 2.75) is 26.2 Å². The molecule has 2 unspecified atom stereocenters. The van der Waals surface area contributed by atoms with Gasteiger partial charge in [-0.2, -0.15) is 0 Å². The average molecular weight is 226 g/mol. The molecule has 2 N–H and O–H groups in total. The predicted molar refractivity (Wildman–Crippen MR) is 54.9 cm³/mol. The number of carbonyl (C=O) groups is 3. The summed E-state index contributed by atoms with van der Waals surface area (Å²) in [7, 11) is 0. The van der Waals surface area contributed by atoms with Gasteiger partial charge in [0.1, 0.15) is 23.2 Å². The van der Waals surface area contributed by atoms with Crippen molar-refractivity contribution in [2.75, 3.05) is 0 Å². The Kier molecular flexibility index (Phi) is 3.82. The van der Waals surface area contributed by atoms with E-state index in [0.29, 0.717) is 6.42 Å². The molecule has 16 heavy (non-hydrogen) atoms. The molecule has 0 saturated heterocycles. The van der Waals surface area contributed by atoms with E-state index in [1.165, 1.54) is 0 Å². The minimum absolute atomic E-state index is 0.261. The zero-order valence-electron chi connectivity index (χ0n) is 8.97. The molecule has 0 aromatic rings. The Morgan fingerprint density at radius 3 is 2.62 bits per heavy atom. The van der Waals surface area contributed by atoms with Gasteiger partial charge in [-0.15, -0.1) is 0 Å². The molecule has 0 radical (unpaired) electrons. The molecule has 0 amide bonds. The van der Waals surface area contributed by atoms with Crippen LogP contribution in [0.1, 0.15) is 26.2 Å². The van der Waals surface area contributed by atoms with E-state index >= 15 is 0 Å². The molecule has 0 saturated carbocycles. The molecule has 0 bridgehead atoms. The summed E-state index contributed by atoms with van der Waals surface area (Å²) in [4.78, 5) is 33.7. The predicted octanol–water partition coefficient (Wildman–Crippen LogP) is 1.09. The van der Waals surface area contributed by atoms with Crippen LogP contribution in [0.15, 0.2) is 11.8 Å². The van der Waals surface area contributed by atoms with Gasteiger partial charge >= 0.3 is 5.97 Å². The van der Waals surface area contributed by atoms with Gasteiger partial charge in [-0.3, -0.25) is 14.4 Å². The van der Waals surface area contributed by atoms with Crippen LogP contribution in [0.5, 0.6) is 0 Å². The zero-order chi connectivity index (χ0) is 12.3. The smallest absolute Gasteiger partial charge is 0.314 e. The number of aliphatic hydroxyl groups excluding tert-OH is 1. The summed E-state index contributed by atoms with van der Waals surface area (Å²) in [6.07, 6.45) is 1.65. The van der Waals surface area contributed by atoms with E-state index in [2.05, 4.69) is 0 Å². The van der Waals surface area contributed by atoms with Gasteiger partial charge in [-0.05, 0) is 12.5 Å². The summed E-state index contributed by atoms with van der Waals surface area (Å²) >= 11 is 0. The lowest BCUT2D eigenvalue weighted by atomic mass is 9.82. The first-order valence-corrected chi connectivity index (χ1v) is 5.16. The van der Waals surface area contributed by atoms with Gasteiger partial charge in [0, 0.05) is 12.8 Å². The van der Waals surface area contributed by atoms with Crippen LogP contribution in [0.3, 0.4) is 0 Å². The largest absolute Gasteiger partial charge is 0.512 e. The van der Waals surface area contributed by atoms with Crippen molar-refractivity contribution in [3.63, 3.8) is 0 Å². The minimum atomic E-state index is -1.25. The third kappa shape index (κ3) is 2.48. The maximum atomic E-state index is 11.5. The molecule has 5 heteroatoms. The molecule has 0 fully saturated rings. The van der Waals surface area contributed by atoms with E-state index in [0.717, 1.165) is 6.08 Å². The first-order chi connectivity index (χ1) is 7.47. The molecular formula is C11H14O5. The fraction of sp³-hybridized carbons (Fsp3) is 0.545. The van der Waals surface area contributed by atoms with Gasteiger partial charge < -0.3 is 10.2 Å². The highest BCUT2D eigenvalue weighted by Crippen LogP contribution is 2.26. The summed E-state index contributed by atoms with van der Waals surface area (Å²) in [6, 6.07) is 0. The number of hydrogen-bond donors (Lipinski definition) is 2. The molecule has 0 aromatic carbocycles. The SMILES string of the molecule is CCCC(=O)C1C=C(O)C(C(=O)O)CC1=O. The number of allylic oxidation sites excluding steroid dienone is 1. The summed E-state index contributed by atoms with van der Waals surface area (Å²) in [5, 5.41) is 18.1. The summed E-state index contributed by atoms with van der Waals surface area (Å²) in [5.41, 5.74) is 0.